The van der Waals surface area contributed by atoms with Crippen LogP contribution in [-0.2, 0) is 16.0 Å². The highest BCUT2D eigenvalue weighted by Crippen LogP contribution is 2.15. The minimum Gasteiger partial charge on any atom is -0.360 e. The summed E-state index contributed by atoms with van der Waals surface area (Å²) in [6.07, 6.45) is 2.22. The highest BCUT2D eigenvalue weighted by Gasteiger charge is 2.17. The van der Waals surface area contributed by atoms with Crippen LogP contribution in [0.15, 0.2) is 16.9 Å². The van der Waals surface area contributed by atoms with Gasteiger partial charge in [-0.25, -0.2) is 9.50 Å². The summed E-state index contributed by atoms with van der Waals surface area (Å²) in [5, 5.41) is 10.4. The number of anilines is 1. The van der Waals surface area contributed by atoms with Crippen molar-refractivity contribution in [3.05, 3.63) is 35.1 Å². The number of amides is 2. The van der Waals surface area contributed by atoms with E-state index in [0.29, 0.717) is 23.8 Å². The Morgan fingerprint density at radius 3 is 2.78 bits per heavy atom. The lowest BCUT2D eigenvalue weighted by Gasteiger charge is -2.17. The molecule has 0 bridgehead atoms. The van der Waals surface area contributed by atoms with Crippen LogP contribution in [0, 0.1) is 20.8 Å². The Bertz CT molecular complexity index is 992. The molecule has 0 aliphatic rings. The fraction of sp³-hybridized carbons (Fsp3) is 0.412. The SMILES string of the molecule is Cc1cc(NC(=O)CN(C)C(=O)CCc2c(C)nc3ncnn3c2C)no1. The number of nitrogens with one attached hydrogen (secondary N) is 1. The molecular weight excluding hydrogens is 350 g/mol. The number of aromatic nitrogens is 5. The molecule has 0 radical (unpaired) electrons. The monoisotopic (exact) mass is 371 g/mol. The molecule has 0 fully saturated rings. The van der Waals surface area contributed by atoms with Crippen LogP contribution in [0.4, 0.5) is 5.82 Å². The van der Waals surface area contributed by atoms with Gasteiger partial charge in [0, 0.05) is 30.9 Å². The first-order chi connectivity index (χ1) is 12.8. The second kappa shape index (κ2) is 7.52. The molecule has 0 saturated heterocycles. The topological polar surface area (TPSA) is 119 Å². The van der Waals surface area contributed by atoms with Crippen LogP contribution >= 0.6 is 0 Å². The number of rotatable bonds is 6. The van der Waals surface area contributed by atoms with E-state index in [4.69, 9.17) is 4.52 Å². The van der Waals surface area contributed by atoms with E-state index in [1.807, 2.05) is 13.8 Å². The maximum absolute atomic E-state index is 12.4. The largest absolute Gasteiger partial charge is 0.360 e. The molecule has 0 atom stereocenters. The molecule has 3 aromatic heterocycles. The summed E-state index contributed by atoms with van der Waals surface area (Å²) >= 11 is 0. The lowest BCUT2D eigenvalue weighted by atomic mass is 10.1. The summed E-state index contributed by atoms with van der Waals surface area (Å²) in [7, 11) is 1.59. The van der Waals surface area contributed by atoms with Gasteiger partial charge in [-0.2, -0.15) is 10.1 Å². The van der Waals surface area contributed by atoms with Crippen LogP contribution < -0.4 is 5.32 Å². The first kappa shape index (κ1) is 18.5. The van der Waals surface area contributed by atoms with Crippen LogP contribution in [0.3, 0.4) is 0 Å². The van der Waals surface area contributed by atoms with Crippen LogP contribution in [0.25, 0.3) is 5.78 Å². The summed E-state index contributed by atoms with van der Waals surface area (Å²) < 4.78 is 6.55. The summed E-state index contributed by atoms with van der Waals surface area (Å²) in [5.41, 5.74) is 2.68. The quantitative estimate of drug-likeness (QED) is 0.688. The Morgan fingerprint density at radius 2 is 2.07 bits per heavy atom. The fourth-order valence-electron chi connectivity index (χ4n) is 2.85. The molecule has 142 valence electrons. The zero-order chi connectivity index (χ0) is 19.6. The summed E-state index contributed by atoms with van der Waals surface area (Å²) in [6.45, 7) is 5.47. The van der Waals surface area contributed by atoms with Crippen molar-refractivity contribution in [2.75, 3.05) is 18.9 Å². The Balaban J connectivity index is 1.58. The molecule has 0 saturated carbocycles. The van der Waals surface area contributed by atoms with Crippen molar-refractivity contribution in [1.82, 2.24) is 29.6 Å². The molecule has 0 aliphatic carbocycles. The van der Waals surface area contributed by atoms with Gasteiger partial charge < -0.3 is 14.7 Å². The minimum atomic E-state index is -0.336. The maximum atomic E-state index is 12.4. The molecule has 3 aromatic rings. The number of likely N-dealkylation sites (N-methyl/N-ethyl adjacent to an activating group) is 1. The van der Waals surface area contributed by atoms with E-state index in [0.717, 1.165) is 17.0 Å². The maximum Gasteiger partial charge on any atom is 0.252 e. The van der Waals surface area contributed by atoms with Crippen molar-refractivity contribution in [2.24, 2.45) is 0 Å². The first-order valence-electron chi connectivity index (χ1n) is 8.48. The van der Waals surface area contributed by atoms with Crippen molar-refractivity contribution >= 4 is 23.4 Å². The third kappa shape index (κ3) is 4.10. The van der Waals surface area contributed by atoms with Gasteiger partial charge in [-0.1, -0.05) is 5.16 Å². The number of fused-ring (bicyclic) bond motifs is 1. The van der Waals surface area contributed by atoms with Gasteiger partial charge in [0.15, 0.2) is 5.82 Å². The van der Waals surface area contributed by atoms with Gasteiger partial charge in [-0.15, -0.1) is 0 Å². The normalized spacial score (nSPS) is 11.0. The van der Waals surface area contributed by atoms with Gasteiger partial charge in [0.1, 0.15) is 12.1 Å². The Labute approximate surface area is 155 Å². The zero-order valence-electron chi connectivity index (χ0n) is 15.7. The van der Waals surface area contributed by atoms with Crippen molar-refractivity contribution in [2.45, 2.75) is 33.6 Å². The first-order valence-corrected chi connectivity index (χ1v) is 8.48. The lowest BCUT2D eigenvalue weighted by molar-refractivity contribution is -0.133. The van der Waals surface area contributed by atoms with Crippen molar-refractivity contribution in [3.8, 4) is 0 Å². The lowest BCUT2D eigenvalue weighted by Crippen LogP contribution is -2.35. The molecule has 0 unspecified atom stereocenters. The molecule has 1 N–H and O–H groups in total. The number of carbonyl (C=O) groups is 2. The van der Waals surface area contributed by atoms with Crippen LogP contribution in [0.1, 0.15) is 29.1 Å². The van der Waals surface area contributed by atoms with Gasteiger partial charge in [-0.05, 0) is 32.8 Å². The van der Waals surface area contributed by atoms with Crippen molar-refractivity contribution in [3.63, 3.8) is 0 Å². The second-order valence-corrected chi connectivity index (χ2v) is 6.35. The standard InChI is InChI=1S/C17H21N7O3/c1-10-7-14(22-27-10)21-15(25)8-23(4)16(26)6-5-13-11(2)20-17-18-9-19-24(17)12(13)3/h7,9H,5-6,8H2,1-4H3,(H,21,22,25). The number of hydrogen-bond donors (Lipinski definition) is 1. The molecule has 10 nitrogen and oxygen atoms in total. The van der Waals surface area contributed by atoms with E-state index >= 15 is 0 Å². The zero-order valence-corrected chi connectivity index (χ0v) is 15.7. The molecule has 2 amide bonds. The average molecular weight is 371 g/mol. The molecule has 0 aromatic carbocycles. The molecule has 10 heteroatoms. The van der Waals surface area contributed by atoms with E-state index in [-0.39, 0.29) is 24.8 Å². The Kier molecular flexibility index (Phi) is 5.15. The van der Waals surface area contributed by atoms with E-state index in [1.165, 1.54) is 11.2 Å². The number of hydrogen-bond acceptors (Lipinski definition) is 7. The number of carbonyl (C=O) groups excluding carboxylic acids is 2. The van der Waals surface area contributed by atoms with E-state index in [9.17, 15) is 9.59 Å². The van der Waals surface area contributed by atoms with Crippen LogP contribution in [0.2, 0.25) is 0 Å². The molecular formula is C17H21N7O3. The molecule has 27 heavy (non-hydrogen) atoms. The second-order valence-electron chi connectivity index (χ2n) is 6.35. The van der Waals surface area contributed by atoms with Gasteiger partial charge >= 0.3 is 0 Å². The highest BCUT2D eigenvalue weighted by molar-refractivity contribution is 5.93. The Morgan fingerprint density at radius 1 is 1.30 bits per heavy atom. The van der Waals surface area contributed by atoms with Crippen LogP contribution in [0.5, 0.6) is 0 Å². The minimum absolute atomic E-state index is 0.0664. The van der Waals surface area contributed by atoms with E-state index in [2.05, 4.69) is 25.5 Å². The third-order valence-corrected chi connectivity index (χ3v) is 4.28. The summed E-state index contributed by atoms with van der Waals surface area (Å²) in [5.74, 6) is 0.989. The van der Waals surface area contributed by atoms with Crippen molar-refractivity contribution in [1.29, 1.82) is 0 Å². The fourth-order valence-corrected chi connectivity index (χ4v) is 2.85. The molecule has 0 spiro atoms. The molecule has 3 rings (SSSR count). The predicted molar refractivity (Wildman–Crippen MR) is 96.1 cm³/mol. The molecule has 3 heterocycles. The average Bonchev–Trinajstić information content (AvgIpc) is 3.23. The van der Waals surface area contributed by atoms with Gasteiger partial charge in [0.2, 0.25) is 11.8 Å². The smallest absolute Gasteiger partial charge is 0.252 e. The highest BCUT2D eigenvalue weighted by atomic mass is 16.5. The van der Waals surface area contributed by atoms with E-state index in [1.54, 1.807) is 24.6 Å². The van der Waals surface area contributed by atoms with E-state index < -0.39 is 0 Å². The number of aryl methyl sites for hydroxylation is 3. The number of nitrogens with zero attached hydrogens (tertiary/aromatic N) is 6. The summed E-state index contributed by atoms with van der Waals surface area (Å²) in [6, 6.07) is 1.61. The molecule has 0 aliphatic heterocycles. The Hall–Kier alpha value is -3.30. The third-order valence-electron chi connectivity index (χ3n) is 4.28. The van der Waals surface area contributed by atoms with Crippen LogP contribution in [-0.4, -0.2) is 55.0 Å². The summed E-state index contributed by atoms with van der Waals surface area (Å²) in [4.78, 5) is 34.3. The van der Waals surface area contributed by atoms with Gasteiger partial charge in [0.25, 0.3) is 5.78 Å². The van der Waals surface area contributed by atoms with Gasteiger partial charge in [0.05, 0.1) is 6.54 Å². The van der Waals surface area contributed by atoms with Gasteiger partial charge in [-0.3, -0.25) is 9.59 Å². The van der Waals surface area contributed by atoms with Crippen molar-refractivity contribution < 1.29 is 14.1 Å². The predicted octanol–water partition coefficient (Wildman–Crippen LogP) is 1.07.